The summed E-state index contributed by atoms with van der Waals surface area (Å²) in [7, 11) is -0.278. The molecule has 0 aromatic heterocycles. The quantitative estimate of drug-likeness (QED) is 0.806. The zero-order valence-corrected chi connectivity index (χ0v) is 14.4. The Morgan fingerprint density at radius 1 is 1.36 bits per heavy atom. The van der Waals surface area contributed by atoms with Crippen LogP contribution in [-0.4, -0.2) is 46.1 Å². The smallest absolute Gasteiger partial charge is 0.243 e. The molecule has 0 aliphatic carbocycles. The molecule has 1 fully saturated rings. The highest BCUT2D eigenvalue weighted by atomic mass is 32.2. The van der Waals surface area contributed by atoms with Crippen LogP contribution in [0, 0.1) is 6.92 Å². The number of methoxy groups -OCH3 is 1. The summed E-state index contributed by atoms with van der Waals surface area (Å²) in [5.41, 5.74) is 0.695. The molecule has 22 heavy (non-hydrogen) atoms. The van der Waals surface area contributed by atoms with Crippen LogP contribution in [0.4, 0.5) is 0 Å². The molecule has 0 bridgehead atoms. The second-order valence-electron chi connectivity index (χ2n) is 5.74. The molecule has 0 radical (unpaired) electrons. The van der Waals surface area contributed by atoms with Gasteiger partial charge in [0.15, 0.2) is 0 Å². The molecular formula is C16H25NO4S. The Morgan fingerprint density at radius 3 is 2.73 bits per heavy atom. The molecule has 0 amide bonds. The van der Waals surface area contributed by atoms with E-state index in [0.29, 0.717) is 22.8 Å². The first-order valence-electron chi connectivity index (χ1n) is 7.67. The van der Waals surface area contributed by atoms with E-state index in [1.807, 2.05) is 0 Å². The number of nitrogens with zero attached hydrogens (tertiary/aromatic N) is 1. The van der Waals surface area contributed by atoms with Crippen LogP contribution in [0.2, 0.25) is 0 Å². The van der Waals surface area contributed by atoms with Crippen LogP contribution in [0.5, 0.6) is 5.75 Å². The van der Waals surface area contributed by atoms with Gasteiger partial charge in [0.1, 0.15) is 5.75 Å². The van der Waals surface area contributed by atoms with Gasteiger partial charge in [0.2, 0.25) is 10.0 Å². The van der Waals surface area contributed by atoms with E-state index in [-0.39, 0.29) is 6.10 Å². The van der Waals surface area contributed by atoms with Gasteiger partial charge in [0.05, 0.1) is 18.1 Å². The van der Waals surface area contributed by atoms with Crippen LogP contribution < -0.4 is 4.74 Å². The first-order chi connectivity index (χ1) is 10.4. The Balaban J connectivity index is 2.05. The molecule has 1 aliphatic rings. The van der Waals surface area contributed by atoms with E-state index in [4.69, 9.17) is 9.47 Å². The van der Waals surface area contributed by atoms with Crippen molar-refractivity contribution in [1.82, 2.24) is 4.31 Å². The fourth-order valence-corrected chi connectivity index (χ4v) is 4.07. The van der Waals surface area contributed by atoms with Gasteiger partial charge in [-0.05, 0) is 56.4 Å². The van der Waals surface area contributed by atoms with Gasteiger partial charge in [-0.25, -0.2) is 12.7 Å². The average molecular weight is 327 g/mol. The number of benzene rings is 1. The average Bonchev–Trinajstić information content (AvgIpc) is 2.53. The first kappa shape index (κ1) is 17.2. The van der Waals surface area contributed by atoms with Crippen LogP contribution in [0.1, 0.15) is 31.2 Å². The fraction of sp³-hybridized carbons (Fsp3) is 0.625. The lowest BCUT2D eigenvalue weighted by molar-refractivity contribution is 0.00950. The molecule has 0 N–H and O–H groups in total. The zero-order valence-electron chi connectivity index (χ0n) is 13.5. The summed E-state index contributed by atoms with van der Waals surface area (Å²) in [6, 6.07) is 5.03. The summed E-state index contributed by atoms with van der Waals surface area (Å²) in [6.07, 6.45) is 4.22. The van der Waals surface area contributed by atoms with Crippen molar-refractivity contribution in [2.24, 2.45) is 0 Å². The SMILES string of the molecule is COc1ccc(S(=O)(=O)N(C)CCC2CCCCO2)c(C)c1. The monoisotopic (exact) mass is 327 g/mol. The predicted molar refractivity (Wildman–Crippen MR) is 85.8 cm³/mol. The number of aryl methyl sites for hydroxylation is 1. The summed E-state index contributed by atoms with van der Waals surface area (Å²) >= 11 is 0. The fourth-order valence-electron chi connectivity index (χ4n) is 2.69. The van der Waals surface area contributed by atoms with Crippen molar-refractivity contribution in [2.75, 3.05) is 27.3 Å². The molecule has 0 spiro atoms. The van der Waals surface area contributed by atoms with Crippen LogP contribution in [-0.2, 0) is 14.8 Å². The zero-order chi connectivity index (χ0) is 16.2. The van der Waals surface area contributed by atoms with E-state index in [1.165, 1.54) is 10.7 Å². The van der Waals surface area contributed by atoms with Gasteiger partial charge < -0.3 is 9.47 Å². The predicted octanol–water partition coefficient (Wildman–Crippen LogP) is 2.58. The molecule has 1 aromatic carbocycles. The Morgan fingerprint density at radius 2 is 2.14 bits per heavy atom. The van der Waals surface area contributed by atoms with Gasteiger partial charge >= 0.3 is 0 Å². The minimum atomic E-state index is -3.47. The van der Waals surface area contributed by atoms with Gasteiger partial charge in [0.25, 0.3) is 0 Å². The number of ether oxygens (including phenoxy) is 2. The summed E-state index contributed by atoms with van der Waals surface area (Å²) in [6.45, 7) is 3.05. The third-order valence-electron chi connectivity index (χ3n) is 4.11. The molecule has 1 aromatic rings. The summed E-state index contributed by atoms with van der Waals surface area (Å²) in [4.78, 5) is 0.334. The van der Waals surface area contributed by atoms with Crippen molar-refractivity contribution < 1.29 is 17.9 Å². The minimum Gasteiger partial charge on any atom is -0.497 e. The lowest BCUT2D eigenvalue weighted by Crippen LogP contribution is -2.32. The molecule has 6 heteroatoms. The second kappa shape index (κ2) is 7.44. The van der Waals surface area contributed by atoms with E-state index in [0.717, 1.165) is 25.9 Å². The number of sulfonamides is 1. The Bertz CT molecular complexity index is 594. The molecule has 1 unspecified atom stereocenters. The maximum atomic E-state index is 12.7. The largest absolute Gasteiger partial charge is 0.497 e. The molecule has 1 atom stereocenters. The van der Waals surface area contributed by atoms with Gasteiger partial charge in [-0.1, -0.05) is 0 Å². The highest BCUT2D eigenvalue weighted by molar-refractivity contribution is 7.89. The number of hydrogen-bond acceptors (Lipinski definition) is 4. The van der Waals surface area contributed by atoms with E-state index < -0.39 is 10.0 Å². The van der Waals surface area contributed by atoms with Crippen molar-refractivity contribution >= 4 is 10.0 Å². The van der Waals surface area contributed by atoms with Crippen LogP contribution in [0.25, 0.3) is 0 Å². The van der Waals surface area contributed by atoms with Gasteiger partial charge in [0, 0.05) is 20.2 Å². The number of hydrogen-bond donors (Lipinski definition) is 0. The Labute approximate surface area is 133 Å². The van der Waals surface area contributed by atoms with Gasteiger partial charge in [-0.3, -0.25) is 0 Å². The molecule has 5 nitrogen and oxygen atoms in total. The lowest BCUT2D eigenvalue weighted by atomic mass is 10.1. The third kappa shape index (κ3) is 4.00. The summed E-state index contributed by atoms with van der Waals surface area (Å²) in [5.74, 6) is 0.662. The molecule has 1 saturated heterocycles. The third-order valence-corrected chi connectivity index (χ3v) is 6.13. The van der Waals surface area contributed by atoms with Crippen molar-refractivity contribution in [3.63, 3.8) is 0 Å². The van der Waals surface area contributed by atoms with Crippen LogP contribution in [0.15, 0.2) is 23.1 Å². The first-order valence-corrected chi connectivity index (χ1v) is 9.11. The molecule has 2 rings (SSSR count). The van der Waals surface area contributed by atoms with Gasteiger partial charge in [-0.15, -0.1) is 0 Å². The van der Waals surface area contributed by atoms with Crippen LogP contribution >= 0.6 is 0 Å². The highest BCUT2D eigenvalue weighted by Gasteiger charge is 2.24. The highest BCUT2D eigenvalue weighted by Crippen LogP contribution is 2.24. The molecular weight excluding hydrogens is 302 g/mol. The lowest BCUT2D eigenvalue weighted by Gasteiger charge is -2.25. The van der Waals surface area contributed by atoms with Crippen molar-refractivity contribution in [1.29, 1.82) is 0 Å². The van der Waals surface area contributed by atoms with Gasteiger partial charge in [-0.2, -0.15) is 0 Å². The number of rotatable bonds is 6. The van der Waals surface area contributed by atoms with E-state index in [9.17, 15) is 8.42 Å². The normalized spacial score (nSPS) is 19.4. The van der Waals surface area contributed by atoms with Crippen molar-refractivity contribution in [3.8, 4) is 5.75 Å². The maximum absolute atomic E-state index is 12.7. The van der Waals surface area contributed by atoms with Crippen LogP contribution in [0.3, 0.4) is 0 Å². The van der Waals surface area contributed by atoms with Crippen molar-refractivity contribution in [3.05, 3.63) is 23.8 Å². The topological polar surface area (TPSA) is 55.8 Å². The maximum Gasteiger partial charge on any atom is 0.243 e. The van der Waals surface area contributed by atoms with E-state index >= 15 is 0 Å². The molecule has 0 saturated carbocycles. The van der Waals surface area contributed by atoms with Crippen molar-refractivity contribution in [2.45, 2.75) is 43.6 Å². The van der Waals surface area contributed by atoms with E-state index in [2.05, 4.69) is 0 Å². The molecule has 124 valence electrons. The van der Waals surface area contributed by atoms with E-state index in [1.54, 1.807) is 39.3 Å². The minimum absolute atomic E-state index is 0.184. The summed E-state index contributed by atoms with van der Waals surface area (Å²) < 4.78 is 37.5. The Hall–Kier alpha value is -1.11. The summed E-state index contributed by atoms with van der Waals surface area (Å²) in [5, 5.41) is 0. The second-order valence-corrected chi connectivity index (χ2v) is 7.75. The molecule has 1 aliphatic heterocycles. The standard InChI is InChI=1S/C16H25NO4S/c1-13-12-15(20-3)7-8-16(13)22(18,19)17(2)10-9-14-6-4-5-11-21-14/h7-8,12,14H,4-6,9-11H2,1-3H3. The molecule has 1 heterocycles. The Kier molecular flexibility index (Phi) is 5.83.